The molecule has 0 atom stereocenters. The fourth-order valence-corrected chi connectivity index (χ4v) is 3.66. The van der Waals surface area contributed by atoms with Gasteiger partial charge in [-0.1, -0.05) is 11.6 Å². The number of nitrogens with zero attached hydrogens (tertiary/aromatic N) is 1. The van der Waals surface area contributed by atoms with E-state index in [-0.39, 0.29) is 21.4 Å². The molecule has 1 amide bonds. The molecular weight excluding hydrogens is 364 g/mol. The van der Waals surface area contributed by atoms with Crippen LogP contribution in [0.1, 0.15) is 17.3 Å². The van der Waals surface area contributed by atoms with E-state index in [0.29, 0.717) is 18.0 Å². The zero-order valence-corrected chi connectivity index (χ0v) is 15.7. The number of benzene rings is 2. The first-order chi connectivity index (χ1) is 11.8. The molecule has 0 saturated heterocycles. The summed E-state index contributed by atoms with van der Waals surface area (Å²) in [6, 6.07) is 10.6. The average Bonchev–Trinajstić information content (AvgIpc) is 2.61. The minimum absolute atomic E-state index is 0.0386. The van der Waals surface area contributed by atoms with Gasteiger partial charge in [-0.3, -0.25) is 9.52 Å². The first-order valence-corrected chi connectivity index (χ1v) is 9.36. The monoisotopic (exact) mass is 382 g/mol. The Bertz CT molecular complexity index is 867. The fourth-order valence-electron chi connectivity index (χ4n) is 2.08. The molecule has 134 valence electrons. The molecule has 0 fully saturated rings. The topological polar surface area (TPSA) is 75.7 Å². The molecule has 25 heavy (non-hydrogen) atoms. The van der Waals surface area contributed by atoms with Crippen LogP contribution in [-0.2, 0) is 10.0 Å². The zero-order valence-electron chi connectivity index (χ0n) is 14.1. The van der Waals surface area contributed by atoms with Gasteiger partial charge in [0.05, 0.1) is 12.1 Å². The summed E-state index contributed by atoms with van der Waals surface area (Å²) in [5.41, 5.74) is 0.614. The van der Waals surface area contributed by atoms with Crippen LogP contribution in [0.2, 0.25) is 5.02 Å². The second-order valence-electron chi connectivity index (χ2n) is 5.30. The smallest absolute Gasteiger partial charge is 0.263 e. The Morgan fingerprint density at radius 3 is 2.40 bits per heavy atom. The van der Waals surface area contributed by atoms with Crippen LogP contribution in [0.15, 0.2) is 47.4 Å². The molecule has 2 aromatic carbocycles. The lowest BCUT2D eigenvalue weighted by Gasteiger charge is -2.16. The van der Waals surface area contributed by atoms with Crippen molar-refractivity contribution in [3.05, 3.63) is 53.1 Å². The molecule has 2 rings (SSSR count). The Kier molecular flexibility index (Phi) is 5.92. The van der Waals surface area contributed by atoms with E-state index in [0.717, 1.165) is 0 Å². The molecule has 0 spiro atoms. The largest absolute Gasteiger partial charge is 0.497 e. The number of halogens is 1. The minimum Gasteiger partial charge on any atom is -0.497 e. The predicted octanol–water partition coefficient (Wildman–Crippen LogP) is 3.24. The van der Waals surface area contributed by atoms with Crippen LogP contribution < -0.4 is 9.46 Å². The molecule has 8 heteroatoms. The maximum Gasteiger partial charge on any atom is 0.263 e. The van der Waals surface area contributed by atoms with Crippen molar-refractivity contribution in [1.82, 2.24) is 4.90 Å². The summed E-state index contributed by atoms with van der Waals surface area (Å²) < 4.78 is 32.8. The van der Waals surface area contributed by atoms with E-state index < -0.39 is 10.0 Å². The molecule has 0 aromatic heterocycles. The van der Waals surface area contributed by atoms with Crippen LogP contribution in [0.25, 0.3) is 0 Å². The number of nitrogens with one attached hydrogen (secondary N) is 1. The van der Waals surface area contributed by atoms with Crippen molar-refractivity contribution in [3.63, 3.8) is 0 Å². The SMILES string of the molecule is CCN(C)C(=O)c1ccc(Cl)c(S(=O)(=O)Nc2ccc(OC)cc2)c1. The number of hydrogen-bond donors (Lipinski definition) is 1. The van der Waals surface area contributed by atoms with Crippen LogP contribution in [-0.4, -0.2) is 39.9 Å². The summed E-state index contributed by atoms with van der Waals surface area (Å²) in [5.74, 6) is 0.330. The summed E-state index contributed by atoms with van der Waals surface area (Å²) in [5, 5.41) is 0.0386. The molecule has 0 bridgehead atoms. The van der Waals surface area contributed by atoms with Crippen LogP contribution in [0.5, 0.6) is 5.75 Å². The third-order valence-corrected chi connectivity index (χ3v) is 5.49. The number of sulfonamides is 1. The Balaban J connectivity index is 2.35. The van der Waals surface area contributed by atoms with E-state index in [1.807, 2.05) is 6.92 Å². The van der Waals surface area contributed by atoms with E-state index in [2.05, 4.69) is 4.72 Å². The van der Waals surface area contributed by atoms with Gasteiger partial charge in [-0.15, -0.1) is 0 Å². The zero-order chi connectivity index (χ0) is 18.6. The van der Waals surface area contributed by atoms with E-state index in [1.54, 1.807) is 31.3 Å². The predicted molar refractivity (Wildman–Crippen MR) is 97.9 cm³/mol. The summed E-state index contributed by atoms with van der Waals surface area (Å²) in [4.78, 5) is 13.6. The van der Waals surface area contributed by atoms with Gasteiger partial charge in [-0.05, 0) is 49.4 Å². The van der Waals surface area contributed by atoms with E-state index >= 15 is 0 Å². The Morgan fingerprint density at radius 2 is 1.84 bits per heavy atom. The van der Waals surface area contributed by atoms with Crippen molar-refractivity contribution in [2.45, 2.75) is 11.8 Å². The van der Waals surface area contributed by atoms with E-state index in [1.165, 1.54) is 30.2 Å². The lowest BCUT2D eigenvalue weighted by Crippen LogP contribution is -2.26. The van der Waals surface area contributed by atoms with Gasteiger partial charge < -0.3 is 9.64 Å². The molecule has 0 aliphatic heterocycles. The van der Waals surface area contributed by atoms with Gasteiger partial charge in [0.25, 0.3) is 15.9 Å². The van der Waals surface area contributed by atoms with Gasteiger partial charge in [0.15, 0.2) is 0 Å². The number of rotatable bonds is 6. The van der Waals surface area contributed by atoms with Crippen LogP contribution in [0.3, 0.4) is 0 Å². The first kappa shape index (κ1) is 19.1. The van der Waals surface area contributed by atoms with E-state index in [4.69, 9.17) is 16.3 Å². The standard InChI is InChI=1S/C17H19ClN2O4S/c1-4-20(2)17(21)12-5-10-15(18)16(11-12)25(22,23)19-13-6-8-14(24-3)9-7-13/h5-11,19H,4H2,1-3H3. The maximum absolute atomic E-state index is 12.6. The Hall–Kier alpha value is -2.25. The summed E-state index contributed by atoms with van der Waals surface area (Å²) in [7, 11) is -0.783. The van der Waals surface area contributed by atoms with Crippen LogP contribution in [0.4, 0.5) is 5.69 Å². The van der Waals surface area contributed by atoms with Gasteiger partial charge in [0.1, 0.15) is 10.6 Å². The molecule has 0 aliphatic rings. The molecule has 6 nitrogen and oxygen atoms in total. The third kappa shape index (κ3) is 4.43. The van der Waals surface area contributed by atoms with Crippen molar-refractivity contribution in [3.8, 4) is 5.75 Å². The second-order valence-corrected chi connectivity index (χ2v) is 7.36. The molecule has 2 aromatic rings. The molecule has 0 heterocycles. The maximum atomic E-state index is 12.6. The quantitative estimate of drug-likeness (QED) is 0.832. The second kappa shape index (κ2) is 7.76. The lowest BCUT2D eigenvalue weighted by atomic mass is 10.2. The van der Waals surface area contributed by atoms with Gasteiger partial charge in [0.2, 0.25) is 0 Å². The molecule has 1 N–H and O–H groups in total. The normalized spacial score (nSPS) is 11.0. The summed E-state index contributed by atoms with van der Waals surface area (Å²) in [6.07, 6.45) is 0. The minimum atomic E-state index is -3.95. The van der Waals surface area contributed by atoms with Crippen molar-refractivity contribution < 1.29 is 17.9 Å². The highest BCUT2D eigenvalue weighted by atomic mass is 35.5. The molecule has 0 aliphatic carbocycles. The van der Waals surface area contributed by atoms with Gasteiger partial charge in [-0.25, -0.2) is 8.42 Å². The number of methoxy groups -OCH3 is 1. The van der Waals surface area contributed by atoms with Crippen molar-refractivity contribution in [1.29, 1.82) is 0 Å². The summed E-state index contributed by atoms with van der Waals surface area (Å²) in [6.45, 7) is 2.34. The Labute approximate surface area is 152 Å². The number of carbonyl (C=O) groups excluding carboxylic acids is 1. The third-order valence-electron chi connectivity index (χ3n) is 3.63. The van der Waals surface area contributed by atoms with Crippen molar-refractivity contribution in [2.75, 3.05) is 25.4 Å². The average molecular weight is 383 g/mol. The molecule has 0 radical (unpaired) electrons. The van der Waals surface area contributed by atoms with E-state index in [9.17, 15) is 13.2 Å². The van der Waals surface area contributed by atoms with Gasteiger partial charge in [-0.2, -0.15) is 0 Å². The number of ether oxygens (including phenoxy) is 1. The first-order valence-electron chi connectivity index (χ1n) is 7.50. The molecule has 0 unspecified atom stereocenters. The highest BCUT2D eigenvalue weighted by Crippen LogP contribution is 2.26. The number of hydrogen-bond acceptors (Lipinski definition) is 4. The Morgan fingerprint density at radius 1 is 1.20 bits per heavy atom. The summed E-state index contributed by atoms with van der Waals surface area (Å²) >= 11 is 6.05. The number of amides is 1. The van der Waals surface area contributed by atoms with Crippen molar-refractivity contribution in [2.24, 2.45) is 0 Å². The lowest BCUT2D eigenvalue weighted by molar-refractivity contribution is 0.0802. The molecule has 0 saturated carbocycles. The highest BCUT2D eigenvalue weighted by Gasteiger charge is 2.21. The molecular formula is C17H19ClN2O4S. The number of anilines is 1. The van der Waals surface area contributed by atoms with Crippen LogP contribution >= 0.6 is 11.6 Å². The number of carbonyl (C=O) groups is 1. The van der Waals surface area contributed by atoms with Gasteiger partial charge in [0, 0.05) is 24.8 Å². The van der Waals surface area contributed by atoms with Crippen LogP contribution in [0, 0.1) is 0 Å². The van der Waals surface area contributed by atoms with Crippen molar-refractivity contribution >= 4 is 33.2 Å². The highest BCUT2D eigenvalue weighted by molar-refractivity contribution is 7.92. The van der Waals surface area contributed by atoms with Gasteiger partial charge >= 0.3 is 0 Å². The fraction of sp³-hybridized carbons (Fsp3) is 0.235.